The fourth-order valence-corrected chi connectivity index (χ4v) is 3.01. The minimum Gasteiger partial charge on any atom is -0.462 e. The van der Waals surface area contributed by atoms with Crippen LogP contribution < -0.4 is 5.32 Å². The predicted molar refractivity (Wildman–Crippen MR) is 119 cm³/mol. The number of alkyl halides is 3. The molecule has 3 rings (SSSR count). The number of furan rings is 1. The minimum atomic E-state index is -4.63. The van der Waals surface area contributed by atoms with Crippen molar-refractivity contribution in [1.82, 2.24) is 0 Å². The smallest absolute Gasteiger partial charge is 0.416 e. The van der Waals surface area contributed by atoms with Gasteiger partial charge in [0.2, 0.25) is 0 Å². The van der Waals surface area contributed by atoms with Gasteiger partial charge in [0.25, 0.3) is 5.91 Å². The van der Waals surface area contributed by atoms with E-state index in [4.69, 9.17) is 20.8 Å². The standard InChI is InChI=1S/C24H16ClF3N2O4/c1-2-33-23(32)15-5-3-14(4-6-15)21-10-8-18(34-21)11-16(13-29)22(31)30-20-12-17(24(26,27)28)7-9-19(20)25/h3-12H,2H2,1H3,(H,30,31)/b16-11+. The van der Waals surface area contributed by atoms with Crippen LogP contribution in [0.2, 0.25) is 5.02 Å². The van der Waals surface area contributed by atoms with Crippen molar-refractivity contribution in [1.29, 1.82) is 5.26 Å². The largest absolute Gasteiger partial charge is 0.462 e. The number of benzene rings is 2. The molecule has 0 saturated heterocycles. The van der Waals surface area contributed by atoms with E-state index in [1.807, 2.05) is 0 Å². The van der Waals surface area contributed by atoms with E-state index in [1.165, 1.54) is 6.07 Å². The van der Waals surface area contributed by atoms with Crippen LogP contribution in [-0.2, 0) is 15.7 Å². The summed E-state index contributed by atoms with van der Waals surface area (Å²) >= 11 is 5.89. The number of nitrogens with one attached hydrogen (secondary N) is 1. The third-order valence-corrected chi connectivity index (χ3v) is 4.83. The molecule has 1 heterocycles. The number of anilines is 1. The Hall–Kier alpha value is -4.03. The maximum absolute atomic E-state index is 12.9. The van der Waals surface area contributed by atoms with E-state index in [1.54, 1.807) is 43.3 Å². The van der Waals surface area contributed by atoms with E-state index in [9.17, 15) is 28.0 Å². The summed E-state index contributed by atoms with van der Waals surface area (Å²) in [7, 11) is 0. The van der Waals surface area contributed by atoms with Crippen LogP contribution in [-0.4, -0.2) is 18.5 Å². The van der Waals surface area contributed by atoms with Gasteiger partial charge in [0.05, 0.1) is 28.4 Å². The first-order valence-electron chi connectivity index (χ1n) is 9.79. The average molecular weight is 489 g/mol. The first kappa shape index (κ1) is 24.6. The second-order valence-electron chi connectivity index (χ2n) is 6.82. The lowest BCUT2D eigenvalue weighted by Gasteiger charge is -2.11. The monoisotopic (exact) mass is 488 g/mol. The van der Waals surface area contributed by atoms with Gasteiger partial charge in [-0.25, -0.2) is 4.79 Å². The summed E-state index contributed by atoms with van der Waals surface area (Å²) < 4.78 is 49.4. The van der Waals surface area contributed by atoms with Gasteiger partial charge in [0.1, 0.15) is 23.2 Å². The van der Waals surface area contributed by atoms with Crippen LogP contribution >= 0.6 is 11.6 Å². The van der Waals surface area contributed by atoms with Crippen LogP contribution in [0.5, 0.6) is 0 Å². The Labute approximate surface area is 197 Å². The third kappa shape index (κ3) is 5.85. The summed E-state index contributed by atoms with van der Waals surface area (Å²) in [6, 6.07) is 13.7. The number of carbonyl (C=O) groups is 2. The summed E-state index contributed by atoms with van der Waals surface area (Å²) in [4.78, 5) is 24.2. The van der Waals surface area contributed by atoms with E-state index in [0.717, 1.165) is 18.2 Å². The number of amides is 1. The molecule has 0 unspecified atom stereocenters. The molecule has 6 nitrogen and oxygen atoms in total. The molecular weight excluding hydrogens is 473 g/mol. The minimum absolute atomic E-state index is 0.120. The van der Waals surface area contributed by atoms with Gasteiger partial charge in [-0.05, 0) is 49.4 Å². The van der Waals surface area contributed by atoms with Gasteiger partial charge in [0, 0.05) is 11.6 Å². The summed E-state index contributed by atoms with van der Waals surface area (Å²) in [5.74, 6) is -0.852. The topological polar surface area (TPSA) is 92.3 Å². The van der Waals surface area contributed by atoms with Crippen molar-refractivity contribution in [2.24, 2.45) is 0 Å². The summed E-state index contributed by atoms with van der Waals surface area (Å²) in [6.07, 6.45) is -3.48. The van der Waals surface area contributed by atoms with Crippen molar-refractivity contribution in [2.75, 3.05) is 11.9 Å². The predicted octanol–water partition coefficient (Wildman–Crippen LogP) is 6.34. The van der Waals surface area contributed by atoms with Crippen molar-refractivity contribution in [2.45, 2.75) is 13.1 Å². The van der Waals surface area contributed by atoms with Gasteiger partial charge >= 0.3 is 12.1 Å². The molecule has 2 aromatic carbocycles. The Bertz CT molecular complexity index is 1290. The number of nitriles is 1. The Morgan fingerprint density at radius 1 is 1.15 bits per heavy atom. The van der Waals surface area contributed by atoms with Gasteiger partial charge in [-0.15, -0.1) is 0 Å². The van der Waals surface area contributed by atoms with Crippen LogP contribution in [0.25, 0.3) is 17.4 Å². The SMILES string of the molecule is CCOC(=O)c1ccc(-c2ccc(/C=C(\C#N)C(=O)Nc3cc(C(F)(F)F)ccc3Cl)o2)cc1. The molecule has 0 aliphatic rings. The zero-order valence-electron chi connectivity index (χ0n) is 17.6. The molecule has 0 fully saturated rings. The van der Waals surface area contributed by atoms with Gasteiger partial charge in [0.15, 0.2) is 0 Å². The molecule has 0 saturated carbocycles. The summed E-state index contributed by atoms with van der Waals surface area (Å²) in [5, 5.41) is 11.5. The molecule has 1 aromatic heterocycles. The molecule has 0 bridgehead atoms. The van der Waals surface area contributed by atoms with Crippen molar-refractivity contribution >= 4 is 35.2 Å². The normalized spacial score (nSPS) is 11.6. The molecule has 0 aliphatic carbocycles. The van der Waals surface area contributed by atoms with Crippen molar-refractivity contribution in [3.63, 3.8) is 0 Å². The molecule has 0 aliphatic heterocycles. The lowest BCUT2D eigenvalue weighted by molar-refractivity contribution is -0.137. The van der Waals surface area contributed by atoms with Crippen LogP contribution in [0, 0.1) is 11.3 Å². The highest BCUT2D eigenvalue weighted by molar-refractivity contribution is 6.34. The Balaban J connectivity index is 1.79. The van der Waals surface area contributed by atoms with Crippen molar-refractivity contribution in [3.8, 4) is 17.4 Å². The molecule has 10 heteroatoms. The van der Waals surface area contributed by atoms with E-state index in [0.29, 0.717) is 23.0 Å². The second kappa shape index (κ2) is 10.3. The number of rotatable bonds is 6. The zero-order chi connectivity index (χ0) is 24.9. The molecule has 1 amide bonds. The van der Waals surface area contributed by atoms with Gasteiger partial charge in [-0.3, -0.25) is 4.79 Å². The first-order chi connectivity index (χ1) is 16.1. The first-order valence-corrected chi connectivity index (χ1v) is 10.2. The molecule has 0 radical (unpaired) electrons. The number of carbonyl (C=O) groups excluding carboxylic acids is 2. The quantitative estimate of drug-likeness (QED) is 0.248. The van der Waals surface area contributed by atoms with Gasteiger partial charge < -0.3 is 14.5 Å². The van der Waals surface area contributed by atoms with Crippen LogP contribution in [0.3, 0.4) is 0 Å². The van der Waals surface area contributed by atoms with E-state index >= 15 is 0 Å². The van der Waals surface area contributed by atoms with Crippen LogP contribution in [0.15, 0.2) is 64.6 Å². The third-order valence-electron chi connectivity index (χ3n) is 4.50. The fourth-order valence-electron chi connectivity index (χ4n) is 2.85. The number of nitrogens with zero attached hydrogens (tertiary/aromatic N) is 1. The molecule has 34 heavy (non-hydrogen) atoms. The lowest BCUT2D eigenvalue weighted by atomic mass is 10.1. The maximum Gasteiger partial charge on any atom is 0.416 e. The average Bonchev–Trinajstić information content (AvgIpc) is 3.27. The number of hydrogen-bond donors (Lipinski definition) is 1. The highest BCUT2D eigenvalue weighted by Gasteiger charge is 2.31. The molecular formula is C24H16ClF3N2O4. The van der Waals surface area contributed by atoms with Crippen molar-refractivity contribution < 1.29 is 31.9 Å². The number of ether oxygens (including phenoxy) is 1. The fraction of sp³-hybridized carbons (Fsp3) is 0.125. The van der Waals surface area contributed by atoms with Crippen LogP contribution in [0.1, 0.15) is 28.6 Å². The van der Waals surface area contributed by atoms with E-state index < -0.39 is 29.2 Å². The lowest BCUT2D eigenvalue weighted by Crippen LogP contribution is -2.15. The highest BCUT2D eigenvalue weighted by atomic mass is 35.5. The second-order valence-corrected chi connectivity index (χ2v) is 7.22. The molecule has 0 atom stereocenters. The van der Waals surface area contributed by atoms with Gasteiger partial charge in [-0.1, -0.05) is 23.7 Å². The molecule has 3 aromatic rings. The van der Waals surface area contributed by atoms with Crippen LogP contribution in [0.4, 0.5) is 18.9 Å². The molecule has 174 valence electrons. The molecule has 1 N–H and O–H groups in total. The van der Waals surface area contributed by atoms with Gasteiger partial charge in [-0.2, -0.15) is 18.4 Å². The highest BCUT2D eigenvalue weighted by Crippen LogP contribution is 2.34. The Kier molecular flexibility index (Phi) is 7.44. The number of halogens is 4. The van der Waals surface area contributed by atoms with E-state index in [2.05, 4.69) is 5.32 Å². The Morgan fingerprint density at radius 3 is 2.47 bits per heavy atom. The maximum atomic E-state index is 12.9. The molecule has 0 spiro atoms. The summed E-state index contributed by atoms with van der Waals surface area (Å²) in [6.45, 7) is 1.96. The number of hydrogen-bond acceptors (Lipinski definition) is 5. The van der Waals surface area contributed by atoms with E-state index in [-0.39, 0.29) is 23.1 Å². The summed E-state index contributed by atoms with van der Waals surface area (Å²) in [5.41, 5.74) is -0.698. The zero-order valence-corrected chi connectivity index (χ0v) is 18.3. The Morgan fingerprint density at radius 2 is 1.85 bits per heavy atom. The number of esters is 1. The van der Waals surface area contributed by atoms with Crippen molar-refractivity contribution in [3.05, 3.63) is 82.1 Å².